The van der Waals surface area contributed by atoms with E-state index in [0.29, 0.717) is 23.6 Å². The Hall–Kier alpha value is -3.10. The number of halogens is 3. The first-order valence-electron chi connectivity index (χ1n) is 8.59. The zero-order chi connectivity index (χ0) is 20.6. The third kappa shape index (κ3) is 3.78. The van der Waals surface area contributed by atoms with E-state index in [9.17, 15) is 18.0 Å². The summed E-state index contributed by atoms with van der Waals surface area (Å²) in [6.07, 6.45) is -4.61. The van der Waals surface area contributed by atoms with Crippen molar-refractivity contribution in [1.82, 2.24) is 19.6 Å². The quantitative estimate of drug-likeness (QED) is 0.735. The monoisotopic (exact) mass is 391 g/mol. The van der Waals surface area contributed by atoms with Crippen LogP contribution in [0, 0.1) is 20.8 Å². The van der Waals surface area contributed by atoms with Crippen LogP contribution in [0.3, 0.4) is 0 Å². The first-order chi connectivity index (χ1) is 13.1. The van der Waals surface area contributed by atoms with Crippen molar-refractivity contribution < 1.29 is 18.0 Å². The predicted octanol–water partition coefficient (Wildman–Crippen LogP) is 3.86. The molecule has 0 aliphatic carbocycles. The number of nitrogens with one attached hydrogen (secondary N) is 1. The molecule has 0 bridgehead atoms. The van der Waals surface area contributed by atoms with Gasteiger partial charge in [0.2, 0.25) is 0 Å². The van der Waals surface area contributed by atoms with Crippen LogP contribution in [-0.2, 0) is 19.8 Å². The van der Waals surface area contributed by atoms with Crippen molar-refractivity contribution in [2.75, 3.05) is 5.32 Å². The van der Waals surface area contributed by atoms with Crippen molar-refractivity contribution in [2.24, 2.45) is 7.05 Å². The molecule has 2 heterocycles. The number of hydrogen-bond donors (Lipinski definition) is 1. The molecule has 1 amide bonds. The molecule has 3 aromatic rings. The van der Waals surface area contributed by atoms with Gasteiger partial charge in [0.15, 0.2) is 5.69 Å². The third-order valence-corrected chi connectivity index (χ3v) is 4.60. The van der Waals surface area contributed by atoms with Crippen LogP contribution in [0.15, 0.2) is 30.3 Å². The Balaban J connectivity index is 1.85. The van der Waals surface area contributed by atoms with E-state index in [1.807, 2.05) is 31.2 Å². The molecular formula is C19H20F3N5O. The topological polar surface area (TPSA) is 64.7 Å². The second-order valence-electron chi connectivity index (χ2n) is 6.62. The van der Waals surface area contributed by atoms with E-state index in [1.165, 1.54) is 7.05 Å². The Morgan fingerprint density at radius 1 is 1.14 bits per heavy atom. The largest absolute Gasteiger partial charge is 0.435 e. The number of aromatic nitrogens is 4. The standard InChI is InChI=1S/C19H20F3N5O/c1-11-7-5-6-8-14(11)10-27-13(3)17(12(2)24-27)23-18(28)15-9-16(19(20,21)22)25-26(15)4/h5-9H,10H2,1-4H3,(H,23,28). The summed E-state index contributed by atoms with van der Waals surface area (Å²) in [4.78, 5) is 12.5. The second kappa shape index (κ2) is 7.14. The van der Waals surface area contributed by atoms with E-state index in [-0.39, 0.29) is 5.69 Å². The molecule has 0 aliphatic rings. The maximum Gasteiger partial charge on any atom is 0.435 e. The predicted molar refractivity (Wildman–Crippen MR) is 98.1 cm³/mol. The van der Waals surface area contributed by atoms with E-state index in [0.717, 1.165) is 21.9 Å². The number of nitrogens with zero attached hydrogens (tertiary/aromatic N) is 4. The normalized spacial score (nSPS) is 11.7. The number of alkyl halides is 3. The van der Waals surface area contributed by atoms with Gasteiger partial charge in [0, 0.05) is 13.1 Å². The number of carbonyl (C=O) groups excluding carboxylic acids is 1. The van der Waals surface area contributed by atoms with E-state index < -0.39 is 17.8 Å². The zero-order valence-electron chi connectivity index (χ0n) is 15.9. The molecule has 0 aliphatic heterocycles. The number of anilines is 1. The maximum absolute atomic E-state index is 12.8. The SMILES string of the molecule is Cc1ccccc1Cn1nc(C)c(NC(=O)c2cc(C(F)(F)F)nn2C)c1C. The number of amides is 1. The Morgan fingerprint density at radius 2 is 1.82 bits per heavy atom. The summed E-state index contributed by atoms with van der Waals surface area (Å²) in [6.45, 7) is 6.07. The maximum atomic E-state index is 12.8. The lowest BCUT2D eigenvalue weighted by molar-refractivity contribution is -0.141. The Morgan fingerprint density at radius 3 is 2.43 bits per heavy atom. The van der Waals surface area contributed by atoms with Gasteiger partial charge in [0.05, 0.1) is 23.6 Å². The van der Waals surface area contributed by atoms with Gasteiger partial charge in [-0.3, -0.25) is 14.2 Å². The molecule has 0 fully saturated rings. The first kappa shape index (κ1) is 19.7. The highest BCUT2D eigenvalue weighted by Gasteiger charge is 2.35. The number of benzene rings is 1. The summed E-state index contributed by atoms with van der Waals surface area (Å²) in [5.41, 5.74) is 2.70. The van der Waals surface area contributed by atoms with Gasteiger partial charge >= 0.3 is 6.18 Å². The van der Waals surface area contributed by atoms with Crippen LogP contribution in [0.5, 0.6) is 0 Å². The Labute approximate surface area is 160 Å². The average molecular weight is 391 g/mol. The summed E-state index contributed by atoms with van der Waals surface area (Å²) in [6, 6.07) is 8.63. The van der Waals surface area contributed by atoms with E-state index in [4.69, 9.17) is 0 Å². The molecule has 2 aromatic heterocycles. The van der Waals surface area contributed by atoms with Crippen LogP contribution in [0.1, 0.15) is 38.7 Å². The highest BCUT2D eigenvalue weighted by Crippen LogP contribution is 2.29. The third-order valence-electron chi connectivity index (χ3n) is 4.60. The van der Waals surface area contributed by atoms with E-state index >= 15 is 0 Å². The van der Waals surface area contributed by atoms with Gasteiger partial charge in [-0.15, -0.1) is 0 Å². The lowest BCUT2D eigenvalue weighted by Gasteiger charge is -2.09. The van der Waals surface area contributed by atoms with Gasteiger partial charge in [-0.2, -0.15) is 23.4 Å². The molecule has 0 atom stereocenters. The highest BCUT2D eigenvalue weighted by molar-refractivity contribution is 6.03. The number of carbonyl (C=O) groups is 1. The molecule has 0 radical (unpaired) electrons. The van der Waals surface area contributed by atoms with Crippen LogP contribution in [-0.4, -0.2) is 25.5 Å². The van der Waals surface area contributed by atoms with Crippen LogP contribution in [0.4, 0.5) is 18.9 Å². The summed E-state index contributed by atoms with van der Waals surface area (Å²) < 4.78 is 41.1. The number of hydrogen-bond acceptors (Lipinski definition) is 3. The second-order valence-corrected chi connectivity index (χ2v) is 6.62. The van der Waals surface area contributed by atoms with E-state index in [1.54, 1.807) is 18.5 Å². The fourth-order valence-electron chi connectivity index (χ4n) is 2.98. The van der Waals surface area contributed by atoms with Crippen LogP contribution < -0.4 is 5.32 Å². The molecule has 148 valence electrons. The summed E-state index contributed by atoms with van der Waals surface area (Å²) in [5.74, 6) is -0.674. The van der Waals surface area contributed by atoms with Crippen molar-refractivity contribution in [3.05, 3.63) is 64.2 Å². The Kier molecular flexibility index (Phi) is 5.01. The fraction of sp³-hybridized carbons (Fsp3) is 0.316. The van der Waals surface area contributed by atoms with Gasteiger partial charge in [0.25, 0.3) is 5.91 Å². The summed E-state index contributed by atoms with van der Waals surface area (Å²) in [7, 11) is 1.30. The molecule has 28 heavy (non-hydrogen) atoms. The molecule has 0 spiro atoms. The molecule has 1 aromatic carbocycles. The molecule has 0 saturated heterocycles. The van der Waals surface area contributed by atoms with E-state index in [2.05, 4.69) is 15.5 Å². The number of aryl methyl sites for hydroxylation is 3. The molecule has 6 nitrogen and oxygen atoms in total. The zero-order valence-corrected chi connectivity index (χ0v) is 15.9. The smallest absolute Gasteiger partial charge is 0.317 e. The molecule has 1 N–H and O–H groups in total. The minimum atomic E-state index is -4.61. The molecular weight excluding hydrogens is 371 g/mol. The Bertz CT molecular complexity index is 1030. The average Bonchev–Trinajstić information content (AvgIpc) is 3.12. The van der Waals surface area contributed by atoms with Gasteiger partial charge < -0.3 is 5.32 Å². The minimum absolute atomic E-state index is 0.183. The molecule has 0 unspecified atom stereocenters. The summed E-state index contributed by atoms with van der Waals surface area (Å²) in [5, 5.41) is 10.5. The lowest BCUT2D eigenvalue weighted by atomic mass is 10.1. The van der Waals surface area contributed by atoms with Crippen molar-refractivity contribution >= 4 is 11.6 Å². The van der Waals surface area contributed by atoms with Crippen LogP contribution in [0.2, 0.25) is 0 Å². The van der Waals surface area contributed by atoms with Crippen molar-refractivity contribution in [1.29, 1.82) is 0 Å². The summed E-state index contributed by atoms with van der Waals surface area (Å²) >= 11 is 0. The van der Waals surface area contributed by atoms with Gasteiger partial charge in [0.1, 0.15) is 5.69 Å². The lowest BCUT2D eigenvalue weighted by Crippen LogP contribution is -2.17. The minimum Gasteiger partial charge on any atom is -0.317 e. The van der Waals surface area contributed by atoms with Crippen molar-refractivity contribution in [2.45, 2.75) is 33.5 Å². The molecule has 0 saturated carbocycles. The van der Waals surface area contributed by atoms with Gasteiger partial charge in [-0.25, -0.2) is 0 Å². The van der Waals surface area contributed by atoms with Crippen LogP contribution >= 0.6 is 0 Å². The van der Waals surface area contributed by atoms with Crippen molar-refractivity contribution in [3.63, 3.8) is 0 Å². The highest BCUT2D eigenvalue weighted by atomic mass is 19.4. The molecule has 9 heteroatoms. The van der Waals surface area contributed by atoms with Gasteiger partial charge in [-0.1, -0.05) is 24.3 Å². The number of rotatable bonds is 4. The first-order valence-corrected chi connectivity index (χ1v) is 8.59. The fourth-order valence-corrected chi connectivity index (χ4v) is 2.98. The molecule has 3 rings (SSSR count). The van der Waals surface area contributed by atoms with Gasteiger partial charge in [-0.05, 0) is 31.9 Å². The van der Waals surface area contributed by atoms with Crippen LogP contribution in [0.25, 0.3) is 0 Å². The van der Waals surface area contributed by atoms with Crippen molar-refractivity contribution in [3.8, 4) is 0 Å².